The van der Waals surface area contributed by atoms with Crippen molar-refractivity contribution in [1.29, 1.82) is 0 Å². The molecule has 1 unspecified atom stereocenters. The van der Waals surface area contributed by atoms with Gasteiger partial charge < -0.3 is 15.8 Å². The summed E-state index contributed by atoms with van der Waals surface area (Å²) in [6.07, 6.45) is 3.36. The molecule has 0 saturated carbocycles. The van der Waals surface area contributed by atoms with Gasteiger partial charge in [0.25, 0.3) is 5.91 Å². The van der Waals surface area contributed by atoms with Gasteiger partial charge in [0.1, 0.15) is 10.7 Å². The Morgan fingerprint density at radius 2 is 2.13 bits per heavy atom. The first kappa shape index (κ1) is 18.4. The molecule has 1 aliphatic rings. The van der Waals surface area contributed by atoms with Gasteiger partial charge in [-0.25, -0.2) is 4.98 Å². The molecule has 5 nitrogen and oxygen atoms in total. The fourth-order valence-electron chi connectivity index (χ4n) is 3.03. The summed E-state index contributed by atoms with van der Waals surface area (Å²) in [6, 6.07) is -0.134. The van der Waals surface area contributed by atoms with Crippen LogP contribution in [0.2, 0.25) is 0 Å². The normalized spacial score (nSPS) is 18.0. The average Bonchev–Trinajstić information content (AvgIpc) is 2.88. The molecule has 1 fully saturated rings. The van der Waals surface area contributed by atoms with Crippen LogP contribution in [0.1, 0.15) is 66.4 Å². The molecular formula is C17H29N3O2S. The third-order valence-corrected chi connectivity index (χ3v) is 5.50. The van der Waals surface area contributed by atoms with Crippen molar-refractivity contribution in [2.75, 3.05) is 19.8 Å². The Labute approximate surface area is 143 Å². The lowest BCUT2D eigenvalue weighted by molar-refractivity contribution is 0.0507. The number of nitrogens with one attached hydrogen (secondary N) is 1. The molecule has 0 bridgehead atoms. The summed E-state index contributed by atoms with van der Waals surface area (Å²) >= 11 is 1.50. The predicted molar refractivity (Wildman–Crippen MR) is 93.7 cm³/mol. The molecule has 3 N–H and O–H groups in total. The molecule has 0 spiro atoms. The molecule has 1 aliphatic heterocycles. The molecule has 1 atom stereocenters. The van der Waals surface area contributed by atoms with Crippen molar-refractivity contribution in [2.24, 2.45) is 17.1 Å². The van der Waals surface area contributed by atoms with Gasteiger partial charge in [-0.2, -0.15) is 0 Å². The van der Waals surface area contributed by atoms with Crippen LogP contribution in [0, 0.1) is 18.3 Å². The van der Waals surface area contributed by atoms with E-state index < -0.39 is 0 Å². The molecule has 0 aromatic carbocycles. The molecular weight excluding hydrogens is 310 g/mol. The Hall–Kier alpha value is -0.980. The molecule has 130 valence electrons. The zero-order valence-corrected chi connectivity index (χ0v) is 15.5. The summed E-state index contributed by atoms with van der Waals surface area (Å²) in [5.74, 6) is 0.604. The number of hydrogen-bond acceptors (Lipinski definition) is 5. The van der Waals surface area contributed by atoms with Crippen molar-refractivity contribution < 1.29 is 9.53 Å². The standard InChI is InChI=1S/C17H29N3O2S/c1-11(18)16-20-14(12(2)23-16)15(21)19-10-17(3,4)9-13-5-7-22-8-6-13/h11,13H,5-10,18H2,1-4H3,(H,19,21). The predicted octanol–water partition coefficient (Wildman–Crippen LogP) is 3.04. The van der Waals surface area contributed by atoms with E-state index in [1.165, 1.54) is 11.3 Å². The fourth-order valence-corrected chi connectivity index (χ4v) is 3.90. The smallest absolute Gasteiger partial charge is 0.271 e. The second-order valence-electron chi connectivity index (χ2n) is 7.35. The van der Waals surface area contributed by atoms with Crippen LogP contribution >= 0.6 is 11.3 Å². The molecule has 6 heteroatoms. The molecule has 2 rings (SSSR count). The topological polar surface area (TPSA) is 77.2 Å². The molecule has 1 saturated heterocycles. The molecule has 1 amide bonds. The zero-order valence-electron chi connectivity index (χ0n) is 14.6. The lowest BCUT2D eigenvalue weighted by Crippen LogP contribution is -2.36. The first-order chi connectivity index (χ1) is 10.8. The quantitative estimate of drug-likeness (QED) is 0.835. The summed E-state index contributed by atoms with van der Waals surface area (Å²) < 4.78 is 5.42. The van der Waals surface area contributed by atoms with E-state index >= 15 is 0 Å². The van der Waals surface area contributed by atoms with Crippen LogP contribution in [0.15, 0.2) is 0 Å². The first-order valence-corrected chi connectivity index (χ1v) is 9.19. The van der Waals surface area contributed by atoms with Crippen molar-refractivity contribution in [2.45, 2.75) is 53.0 Å². The fraction of sp³-hybridized carbons (Fsp3) is 0.765. The van der Waals surface area contributed by atoms with Gasteiger partial charge in [0.05, 0.1) is 6.04 Å². The highest BCUT2D eigenvalue weighted by atomic mass is 32.1. The minimum atomic E-state index is -0.134. The highest BCUT2D eigenvalue weighted by molar-refractivity contribution is 7.11. The second kappa shape index (κ2) is 7.73. The highest BCUT2D eigenvalue weighted by Crippen LogP contribution is 2.30. The monoisotopic (exact) mass is 339 g/mol. The summed E-state index contributed by atoms with van der Waals surface area (Å²) in [7, 11) is 0. The van der Waals surface area contributed by atoms with Crippen molar-refractivity contribution in [1.82, 2.24) is 10.3 Å². The third kappa shape index (κ3) is 5.26. The Bertz CT molecular complexity index is 534. The van der Waals surface area contributed by atoms with E-state index in [-0.39, 0.29) is 17.4 Å². The number of hydrogen-bond donors (Lipinski definition) is 2. The van der Waals surface area contributed by atoms with Crippen LogP contribution in [0.4, 0.5) is 0 Å². The van der Waals surface area contributed by atoms with E-state index in [9.17, 15) is 4.79 Å². The van der Waals surface area contributed by atoms with Crippen LogP contribution in [0.5, 0.6) is 0 Å². The van der Waals surface area contributed by atoms with Gasteiger partial charge in [0, 0.05) is 24.6 Å². The number of aromatic nitrogens is 1. The van der Waals surface area contributed by atoms with Crippen LogP contribution in [0.3, 0.4) is 0 Å². The number of carbonyl (C=O) groups excluding carboxylic acids is 1. The maximum atomic E-state index is 12.4. The van der Waals surface area contributed by atoms with Gasteiger partial charge in [-0.15, -0.1) is 11.3 Å². The van der Waals surface area contributed by atoms with Crippen LogP contribution in [-0.2, 0) is 4.74 Å². The van der Waals surface area contributed by atoms with Crippen LogP contribution in [0.25, 0.3) is 0 Å². The lowest BCUT2D eigenvalue weighted by Gasteiger charge is -2.32. The van der Waals surface area contributed by atoms with Crippen molar-refractivity contribution in [3.05, 3.63) is 15.6 Å². The number of carbonyl (C=O) groups is 1. The molecule has 0 radical (unpaired) electrons. The third-order valence-electron chi connectivity index (χ3n) is 4.33. The number of amides is 1. The number of thiazole rings is 1. The van der Waals surface area contributed by atoms with Gasteiger partial charge in [-0.3, -0.25) is 4.79 Å². The van der Waals surface area contributed by atoms with Crippen molar-refractivity contribution in [3.63, 3.8) is 0 Å². The highest BCUT2D eigenvalue weighted by Gasteiger charge is 2.26. The Balaban J connectivity index is 1.89. The summed E-state index contributed by atoms with van der Waals surface area (Å²) in [5, 5.41) is 3.87. The summed E-state index contributed by atoms with van der Waals surface area (Å²) in [6.45, 7) is 10.6. The molecule has 0 aliphatic carbocycles. The SMILES string of the molecule is Cc1sc(C(C)N)nc1C(=O)NCC(C)(C)CC1CCOCC1. The van der Waals surface area contributed by atoms with E-state index in [2.05, 4.69) is 24.1 Å². The average molecular weight is 340 g/mol. The van der Waals surface area contributed by atoms with Crippen LogP contribution < -0.4 is 11.1 Å². The van der Waals surface area contributed by atoms with Crippen LogP contribution in [-0.4, -0.2) is 30.6 Å². The zero-order chi connectivity index (χ0) is 17.0. The lowest BCUT2D eigenvalue weighted by atomic mass is 9.79. The van der Waals surface area contributed by atoms with Gasteiger partial charge in [-0.05, 0) is 44.4 Å². The maximum absolute atomic E-state index is 12.4. The number of nitrogens with zero attached hydrogens (tertiary/aromatic N) is 1. The second-order valence-corrected chi connectivity index (χ2v) is 8.59. The van der Waals surface area contributed by atoms with Gasteiger partial charge in [0.15, 0.2) is 0 Å². The van der Waals surface area contributed by atoms with Gasteiger partial charge >= 0.3 is 0 Å². The van der Waals surface area contributed by atoms with E-state index in [1.807, 2.05) is 13.8 Å². The molecule has 23 heavy (non-hydrogen) atoms. The van der Waals surface area contributed by atoms with E-state index in [1.54, 1.807) is 0 Å². The van der Waals surface area contributed by atoms with Gasteiger partial charge in [0.2, 0.25) is 0 Å². The molecule has 1 aromatic rings. The minimum Gasteiger partial charge on any atom is -0.381 e. The summed E-state index contributed by atoms with van der Waals surface area (Å²) in [5.41, 5.74) is 6.44. The van der Waals surface area contributed by atoms with Crippen molar-refractivity contribution in [3.8, 4) is 0 Å². The van der Waals surface area contributed by atoms with E-state index in [0.717, 1.165) is 42.4 Å². The number of aryl methyl sites for hydroxylation is 1. The minimum absolute atomic E-state index is 0.0750. The van der Waals surface area contributed by atoms with E-state index in [0.29, 0.717) is 18.2 Å². The number of nitrogens with two attached hydrogens (primary N) is 1. The molecule has 2 heterocycles. The van der Waals surface area contributed by atoms with Crippen molar-refractivity contribution >= 4 is 17.2 Å². The van der Waals surface area contributed by atoms with E-state index in [4.69, 9.17) is 10.5 Å². The maximum Gasteiger partial charge on any atom is 0.271 e. The Morgan fingerprint density at radius 1 is 1.48 bits per heavy atom. The first-order valence-electron chi connectivity index (χ1n) is 8.37. The number of ether oxygens (including phenoxy) is 1. The number of rotatable bonds is 6. The largest absolute Gasteiger partial charge is 0.381 e. The Morgan fingerprint density at radius 3 is 2.70 bits per heavy atom. The Kier molecular flexibility index (Phi) is 6.17. The molecule has 1 aromatic heterocycles. The summed E-state index contributed by atoms with van der Waals surface area (Å²) in [4.78, 5) is 17.7. The van der Waals surface area contributed by atoms with Gasteiger partial charge in [-0.1, -0.05) is 13.8 Å².